The lowest BCUT2D eigenvalue weighted by molar-refractivity contribution is -0.193. The van der Waals surface area contributed by atoms with Gasteiger partial charge in [0.15, 0.2) is 17.4 Å². The second-order valence-corrected chi connectivity index (χ2v) is 11.6. The van der Waals surface area contributed by atoms with Crippen molar-refractivity contribution in [1.29, 1.82) is 5.41 Å². The molecule has 9 N–H and O–H groups in total. The molecule has 0 aliphatic carbocycles. The Kier molecular flexibility index (Phi) is 16.7. The fourth-order valence-corrected chi connectivity index (χ4v) is 4.33. The van der Waals surface area contributed by atoms with E-state index in [1.807, 2.05) is 25.9 Å². The van der Waals surface area contributed by atoms with Gasteiger partial charge < -0.3 is 41.3 Å². The minimum Gasteiger partial charge on any atom is -0.489 e. The minimum absolute atomic E-state index is 0.0776. The highest BCUT2D eigenvalue weighted by molar-refractivity contribution is 5.95. The standard InChI is InChI=1S/C30H35FN8O4.2C2HF3O2/c1-4-18-15-21(26(31)24(16-18)43-14-13-38(2)3)27(34-20-11-9-19(10-12-20)28(32)33)29-36-30(42)39(37-29)23-8-6-5-7-22(23)35-25(41)17-40;2*3-2(4,5)1(6)7/h5-12,15-16,27,34,40H,4,13-14,17H2,1-3H3,(H3,32,33)(H,35,41)(H,36,37,42);2*(H,6,7). The zero-order valence-electron chi connectivity index (χ0n) is 30.1. The summed E-state index contributed by atoms with van der Waals surface area (Å²) in [6.45, 7) is 2.05. The van der Waals surface area contributed by atoms with Gasteiger partial charge in [0, 0.05) is 23.4 Å². The molecule has 0 spiro atoms. The van der Waals surface area contributed by atoms with E-state index in [9.17, 15) is 41.0 Å². The van der Waals surface area contributed by atoms with Crippen molar-refractivity contribution in [2.24, 2.45) is 5.73 Å². The monoisotopic (exact) mass is 818 g/mol. The van der Waals surface area contributed by atoms with Gasteiger partial charge in [-0.2, -0.15) is 31.0 Å². The number of ether oxygens (including phenoxy) is 1. The Morgan fingerprint density at radius 2 is 1.56 bits per heavy atom. The molecule has 3 aromatic carbocycles. The number of nitrogens with two attached hydrogens (primary N) is 1. The van der Waals surface area contributed by atoms with Crippen molar-refractivity contribution in [1.82, 2.24) is 19.7 Å². The first-order valence-corrected chi connectivity index (χ1v) is 16.1. The van der Waals surface area contributed by atoms with Crippen LogP contribution in [0.25, 0.3) is 5.69 Å². The number of aryl methyl sites for hydroxylation is 1. The number of carbonyl (C=O) groups excluding carboxylic acids is 1. The SMILES string of the molecule is CCc1cc(OCCN(C)C)c(F)c(C(Nc2ccc(C(=N)N)cc2)c2nn(-c3ccccc3NC(=O)CO)c(=O)[nH]2)c1.O=C(O)C(F)(F)F.O=C(O)C(F)(F)F. The third-order valence-corrected chi connectivity index (χ3v) is 7.09. The summed E-state index contributed by atoms with van der Waals surface area (Å²) in [6, 6.07) is 15.5. The van der Waals surface area contributed by atoms with Crippen LogP contribution in [-0.2, 0) is 20.8 Å². The van der Waals surface area contributed by atoms with Gasteiger partial charge in [-0.15, -0.1) is 5.10 Å². The van der Waals surface area contributed by atoms with E-state index >= 15 is 4.39 Å². The van der Waals surface area contributed by atoms with Crippen LogP contribution in [0.4, 0.5) is 42.1 Å². The number of carbonyl (C=O) groups is 3. The molecule has 0 bridgehead atoms. The van der Waals surface area contributed by atoms with E-state index in [2.05, 4.69) is 20.7 Å². The maximum atomic E-state index is 16.2. The molecule has 16 nitrogen and oxygen atoms in total. The van der Waals surface area contributed by atoms with Crippen molar-refractivity contribution >= 4 is 35.1 Å². The number of alkyl halides is 6. The van der Waals surface area contributed by atoms with E-state index in [-0.39, 0.29) is 41.0 Å². The molecule has 1 heterocycles. The summed E-state index contributed by atoms with van der Waals surface area (Å²) in [6.07, 6.45) is -9.57. The van der Waals surface area contributed by atoms with Gasteiger partial charge in [-0.1, -0.05) is 25.1 Å². The van der Waals surface area contributed by atoms with Gasteiger partial charge in [-0.05, 0) is 68.5 Å². The van der Waals surface area contributed by atoms with Crippen molar-refractivity contribution in [3.8, 4) is 11.4 Å². The Hall–Kier alpha value is -6.49. The van der Waals surface area contributed by atoms with Crippen LogP contribution in [0.5, 0.6) is 5.75 Å². The number of nitrogens with one attached hydrogen (secondary N) is 4. The molecule has 0 saturated carbocycles. The number of nitrogen functional groups attached to an aromatic ring is 1. The average molecular weight is 819 g/mol. The van der Waals surface area contributed by atoms with Crippen LogP contribution in [0.1, 0.15) is 35.5 Å². The van der Waals surface area contributed by atoms with Gasteiger partial charge in [-0.3, -0.25) is 15.2 Å². The Balaban J connectivity index is 0.000000682. The molecule has 4 rings (SSSR count). The van der Waals surface area contributed by atoms with Crippen molar-refractivity contribution in [3.05, 3.63) is 99.5 Å². The predicted molar refractivity (Wildman–Crippen MR) is 190 cm³/mol. The molecule has 0 saturated heterocycles. The van der Waals surface area contributed by atoms with E-state index in [4.69, 9.17) is 35.7 Å². The number of carboxylic acid groups (broad SMARTS) is 2. The van der Waals surface area contributed by atoms with E-state index in [0.29, 0.717) is 24.2 Å². The number of hydrogen-bond donors (Lipinski definition) is 8. The number of benzene rings is 3. The van der Waals surface area contributed by atoms with Gasteiger partial charge >= 0.3 is 30.0 Å². The number of carboxylic acids is 2. The van der Waals surface area contributed by atoms with Crippen LogP contribution in [0.2, 0.25) is 0 Å². The zero-order chi connectivity index (χ0) is 43.2. The van der Waals surface area contributed by atoms with Gasteiger partial charge in [0.1, 0.15) is 25.1 Å². The second-order valence-electron chi connectivity index (χ2n) is 11.6. The lowest BCUT2D eigenvalue weighted by Gasteiger charge is -2.22. The van der Waals surface area contributed by atoms with Crippen LogP contribution < -0.4 is 26.8 Å². The number of aliphatic carboxylic acids is 2. The highest BCUT2D eigenvalue weighted by Crippen LogP contribution is 2.33. The molecule has 1 atom stereocenters. The number of likely N-dealkylation sites (N-methyl/N-ethyl adjacent to an activating group) is 1. The summed E-state index contributed by atoms with van der Waals surface area (Å²) >= 11 is 0. The van der Waals surface area contributed by atoms with Crippen LogP contribution in [0.3, 0.4) is 0 Å². The van der Waals surface area contributed by atoms with Crippen molar-refractivity contribution in [2.45, 2.75) is 31.7 Å². The number of aromatic amines is 1. The largest absolute Gasteiger partial charge is 0.490 e. The Labute approximate surface area is 318 Å². The number of rotatable bonds is 13. The predicted octanol–water partition coefficient (Wildman–Crippen LogP) is 3.89. The Morgan fingerprint density at radius 3 is 2.05 bits per heavy atom. The van der Waals surface area contributed by atoms with Gasteiger partial charge in [0.2, 0.25) is 5.91 Å². The number of aliphatic hydroxyl groups excluding tert-OH is 1. The highest BCUT2D eigenvalue weighted by atomic mass is 19.4. The third kappa shape index (κ3) is 14.3. The summed E-state index contributed by atoms with van der Waals surface area (Å²) in [5, 5.41) is 41.4. The first-order chi connectivity index (χ1) is 26.5. The van der Waals surface area contributed by atoms with Crippen molar-refractivity contribution in [2.75, 3.05) is 44.5 Å². The molecule has 0 aliphatic rings. The molecular formula is C34H37F7N8O8. The summed E-state index contributed by atoms with van der Waals surface area (Å²) in [5.74, 6) is -6.71. The number of amides is 1. The first kappa shape index (κ1) is 46.7. The lowest BCUT2D eigenvalue weighted by Crippen LogP contribution is -2.21. The van der Waals surface area contributed by atoms with Gasteiger partial charge in [-0.25, -0.2) is 18.8 Å². The molecule has 23 heteroatoms. The molecule has 1 amide bonds. The highest BCUT2D eigenvalue weighted by Gasteiger charge is 2.39. The number of para-hydroxylation sites is 2. The molecule has 4 aromatic rings. The molecule has 0 aliphatic heterocycles. The van der Waals surface area contributed by atoms with Crippen molar-refractivity contribution < 1.29 is 65.2 Å². The van der Waals surface area contributed by atoms with Crippen LogP contribution in [0.15, 0.2) is 65.5 Å². The number of anilines is 2. The topological polar surface area (TPSA) is 249 Å². The summed E-state index contributed by atoms with van der Waals surface area (Å²) in [4.78, 5) is 47.6. The number of halogens is 7. The third-order valence-electron chi connectivity index (χ3n) is 7.09. The smallest absolute Gasteiger partial charge is 0.489 e. The average Bonchev–Trinajstić information content (AvgIpc) is 3.52. The maximum Gasteiger partial charge on any atom is 0.490 e. The molecule has 1 aromatic heterocycles. The molecule has 0 radical (unpaired) electrons. The normalized spacial score (nSPS) is 11.6. The number of nitrogens with zero attached hydrogens (tertiary/aromatic N) is 3. The van der Waals surface area contributed by atoms with Crippen LogP contribution in [-0.4, -0.2) is 105 Å². The van der Waals surface area contributed by atoms with Crippen LogP contribution >= 0.6 is 0 Å². The lowest BCUT2D eigenvalue weighted by atomic mass is 10.00. The number of H-pyrrole nitrogens is 1. The molecule has 1 unspecified atom stereocenters. The summed E-state index contributed by atoms with van der Waals surface area (Å²) < 4.78 is 86.5. The molecule has 310 valence electrons. The summed E-state index contributed by atoms with van der Waals surface area (Å²) in [5.41, 5.74) is 7.54. The van der Waals surface area contributed by atoms with Crippen LogP contribution in [0, 0.1) is 11.2 Å². The van der Waals surface area contributed by atoms with E-state index in [0.717, 1.165) is 10.2 Å². The first-order valence-electron chi connectivity index (χ1n) is 16.1. The molecular weight excluding hydrogens is 781 g/mol. The van der Waals surface area contributed by atoms with E-state index < -0.39 is 54.4 Å². The van der Waals surface area contributed by atoms with Gasteiger partial charge in [0.25, 0.3) is 0 Å². The maximum absolute atomic E-state index is 16.2. The number of hydrogen-bond acceptors (Lipinski definition) is 10. The van der Waals surface area contributed by atoms with E-state index in [1.54, 1.807) is 60.7 Å². The fraction of sp³-hybridized carbons (Fsp3) is 0.294. The Bertz CT molecular complexity index is 2040. The zero-order valence-corrected chi connectivity index (χ0v) is 30.1. The number of aliphatic hydroxyl groups is 1. The second kappa shape index (κ2) is 20.4. The van der Waals surface area contributed by atoms with E-state index in [1.165, 1.54) is 0 Å². The Morgan fingerprint density at radius 1 is 1.00 bits per heavy atom. The quantitative estimate of drug-likeness (QED) is 0.0544. The number of amidine groups is 1. The molecule has 57 heavy (non-hydrogen) atoms. The summed E-state index contributed by atoms with van der Waals surface area (Å²) in [7, 11) is 3.79. The molecule has 0 fully saturated rings. The van der Waals surface area contributed by atoms with Crippen molar-refractivity contribution in [3.63, 3.8) is 0 Å². The minimum atomic E-state index is -5.08. The van der Waals surface area contributed by atoms with Gasteiger partial charge in [0.05, 0.1) is 11.4 Å². The number of aromatic nitrogens is 3. The fourth-order valence-electron chi connectivity index (χ4n) is 4.33.